The molecule has 0 saturated carbocycles. The molecule has 9 heteroatoms. The number of nitrogens with one attached hydrogen (secondary N) is 1. The Kier molecular flexibility index (Phi) is 6.46. The van der Waals surface area contributed by atoms with Crippen molar-refractivity contribution in [1.82, 2.24) is 9.97 Å². The molecular weight excluding hydrogens is 453 g/mol. The van der Waals surface area contributed by atoms with Crippen molar-refractivity contribution < 1.29 is 18.0 Å². The minimum Gasteiger partial charge on any atom is -0.399 e. The number of benzene rings is 3. The third-order valence-electron chi connectivity index (χ3n) is 4.86. The Morgan fingerprint density at radius 3 is 2.39 bits per heavy atom. The van der Waals surface area contributed by atoms with Gasteiger partial charge in [0.1, 0.15) is 18.6 Å². The van der Waals surface area contributed by atoms with Gasteiger partial charge in [0, 0.05) is 21.5 Å². The van der Waals surface area contributed by atoms with Crippen molar-refractivity contribution >= 4 is 34.0 Å². The lowest BCUT2D eigenvalue weighted by Crippen LogP contribution is -2.17. The fraction of sp³-hybridized carbons (Fsp3) is 0.125. The molecule has 0 fully saturated rings. The topological polar surface area (TPSA) is 59.4 Å². The number of halogens is 4. The smallest absolute Gasteiger partial charge is 0.399 e. The van der Waals surface area contributed by atoms with Crippen LogP contribution in [0.3, 0.4) is 0 Å². The van der Waals surface area contributed by atoms with Crippen molar-refractivity contribution in [3.63, 3.8) is 0 Å². The van der Waals surface area contributed by atoms with Crippen LogP contribution in [0.5, 0.6) is 0 Å². The van der Waals surface area contributed by atoms with Crippen LogP contribution < -0.4 is 5.32 Å². The highest BCUT2D eigenvalue weighted by molar-refractivity contribution is 6.30. The van der Waals surface area contributed by atoms with Gasteiger partial charge in [-0.3, -0.25) is 0 Å². The Bertz CT molecular complexity index is 1290. The van der Waals surface area contributed by atoms with Gasteiger partial charge in [0.05, 0.1) is 17.6 Å². The lowest BCUT2D eigenvalue weighted by atomic mass is 10.1. The average molecular weight is 471 g/mol. The molecule has 0 spiro atoms. The average Bonchev–Trinajstić information content (AvgIpc) is 2.81. The molecule has 0 aliphatic carbocycles. The number of nitrogens with zero attached hydrogens (tertiary/aromatic N) is 3. The van der Waals surface area contributed by atoms with Crippen molar-refractivity contribution in [3.8, 4) is 11.4 Å². The Labute approximate surface area is 192 Å². The van der Waals surface area contributed by atoms with E-state index in [9.17, 15) is 13.2 Å². The zero-order chi connectivity index (χ0) is 23.4. The minimum absolute atomic E-state index is 0.164. The van der Waals surface area contributed by atoms with Gasteiger partial charge in [-0.1, -0.05) is 47.1 Å². The number of alkyl halides is 3. The summed E-state index contributed by atoms with van der Waals surface area (Å²) in [5, 5.41) is 8.23. The molecule has 168 valence electrons. The van der Waals surface area contributed by atoms with Crippen molar-refractivity contribution in [2.24, 2.45) is 5.16 Å². The summed E-state index contributed by atoms with van der Waals surface area (Å²) >= 11 is 5.97. The largest absolute Gasteiger partial charge is 0.416 e. The van der Waals surface area contributed by atoms with E-state index in [1.54, 1.807) is 24.3 Å². The van der Waals surface area contributed by atoms with Gasteiger partial charge >= 0.3 is 6.18 Å². The Balaban J connectivity index is 1.78. The lowest BCUT2D eigenvalue weighted by molar-refractivity contribution is -0.137. The highest BCUT2D eigenvalue weighted by Crippen LogP contribution is 2.33. The first-order valence-corrected chi connectivity index (χ1v) is 10.3. The molecule has 4 rings (SSSR count). The predicted molar refractivity (Wildman–Crippen MR) is 123 cm³/mol. The highest BCUT2D eigenvalue weighted by Gasteiger charge is 2.31. The molecule has 0 radical (unpaired) electrons. The van der Waals surface area contributed by atoms with Gasteiger partial charge in [-0.05, 0) is 42.5 Å². The van der Waals surface area contributed by atoms with E-state index < -0.39 is 11.7 Å². The summed E-state index contributed by atoms with van der Waals surface area (Å²) in [6, 6.07) is 19.5. The summed E-state index contributed by atoms with van der Waals surface area (Å²) in [5.74, 6) is 0.643. The third-order valence-corrected chi connectivity index (χ3v) is 5.11. The predicted octanol–water partition coefficient (Wildman–Crippen LogP) is 6.43. The number of hydrogen-bond acceptors (Lipinski definition) is 5. The summed E-state index contributed by atoms with van der Waals surface area (Å²) in [4.78, 5) is 13.9. The fourth-order valence-electron chi connectivity index (χ4n) is 3.26. The van der Waals surface area contributed by atoms with Gasteiger partial charge in [-0.2, -0.15) is 13.2 Å². The maximum atomic E-state index is 13.3. The van der Waals surface area contributed by atoms with Crippen LogP contribution >= 0.6 is 11.6 Å². The highest BCUT2D eigenvalue weighted by atomic mass is 35.5. The van der Waals surface area contributed by atoms with Crippen molar-refractivity contribution in [2.45, 2.75) is 6.18 Å². The van der Waals surface area contributed by atoms with Crippen LogP contribution in [0.1, 0.15) is 11.1 Å². The molecule has 33 heavy (non-hydrogen) atoms. The number of hydrogen-bond donors (Lipinski definition) is 1. The zero-order valence-corrected chi connectivity index (χ0v) is 18.2. The molecule has 0 unspecified atom stereocenters. The summed E-state index contributed by atoms with van der Waals surface area (Å²) in [5.41, 5.74) is 1.44. The van der Waals surface area contributed by atoms with E-state index in [4.69, 9.17) is 16.4 Å². The Morgan fingerprint density at radius 2 is 1.73 bits per heavy atom. The van der Waals surface area contributed by atoms with E-state index >= 15 is 0 Å². The van der Waals surface area contributed by atoms with Gasteiger partial charge in [0.2, 0.25) is 0 Å². The number of anilines is 1. The first kappa shape index (κ1) is 22.5. The lowest BCUT2D eigenvalue weighted by Gasteiger charge is -2.14. The summed E-state index contributed by atoms with van der Waals surface area (Å²) in [6.07, 6.45) is -4.49. The van der Waals surface area contributed by atoms with Gasteiger partial charge in [-0.25, -0.2) is 9.97 Å². The molecule has 0 atom stereocenters. The van der Waals surface area contributed by atoms with Gasteiger partial charge < -0.3 is 10.2 Å². The Morgan fingerprint density at radius 1 is 1.00 bits per heavy atom. The van der Waals surface area contributed by atoms with Crippen LogP contribution in [0, 0.1) is 0 Å². The maximum Gasteiger partial charge on any atom is 0.416 e. The number of oxime groups is 1. The number of rotatable bonds is 6. The molecule has 1 aromatic heterocycles. The van der Waals surface area contributed by atoms with Crippen LogP contribution in [-0.2, 0) is 11.0 Å². The molecule has 0 saturated heterocycles. The summed E-state index contributed by atoms with van der Waals surface area (Å²) in [6.45, 7) is 0.227. The Hall–Kier alpha value is -3.65. The SMILES string of the molecule is CO/N=C(/CNc1nc(-c2ccc(Cl)cc2)nc2cc(C(F)(F)F)ccc12)c1ccccc1. The minimum atomic E-state index is -4.49. The third kappa shape index (κ3) is 5.23. The second-order valence-electron chi connectivity index (χ2n) is 7.07. The van der Waals surface area contributed by atoms with E-state index in [0.29, 0.717) is 27.5 Å². The molecule has 0 aliphatic rings. The van der Waals surface area contributed by atoms with Crippen molar-refractivity contribution in [2.75, 3.05) is 19.0 Å². The molecule has 4 aromatic rings. The first-order chi connectivity index (χ1) is 15.8. The molecule has 0 amide bonds. The van der Waals surface area contributed by atoms with E-state index in [1.807, 2.05) is 30.3 Å². The number of aromatic nitrogens is 2. The van der Waals surface area contributed by atoms with Crippen LogP contribution in [0.4, 0.5) is 19.0 Å². The van der Waals surface area contributed by atoms with E-state index in [0.717, 1.165) is 17.7 Å². The maximum absolute atomic E-state index is 13.3. The molecule has 0 aliphatic heterocycles. The van der Waals surface area contributed by atoms with E-state index in [2.05, 4.69) is 20.4 Å². The van der Waals surface area contributed by atoms with E-state index in [1.165, 1.54) is 13.2 Å². The summed E-state index contributed by atoms with van der Waals surface area (Å²) < 4.78 is 39.9. The summed E-state index contributed by atoms with van der Waals surface area (Å²) in [7, 11) is 1.44. The van der Waals surface area contributed by atoms with Crippen molar-refractivity contribution in [3.05, 3.63) is 88.9 Å². The van der Waals surface area contributed by atoms with Gasteiger partial charge in [0.25, 0.3) is 0 Å². The normalized spacial score (nSPS) is 12.1. The van der Waals surface area contributed by atoms with Gasteiger partial charge in [0.15, 0.2) is 5.82 Å². The molecule has 1 N–H and O–H groups in total. The zero-order valence-electron chi connectivity index (χ0n) is 17.4. The molecule has 0 bridgehead atoms. The molecule has 5 nitrogen and oxygen atoms in total. The second kappa shape index (κ2) is 9.46. The first-order valence-electron chi connectivity index (χ1n) is 9.89. The van der Waals surface area contributed by atoms with Crippen LogP contribution in [0.2, 0.25) is 5.02 Å². The van der Waals surface area contributed by atoms with Crippen LogP contribution in [0.25, 0.3) is 22.3 Å². The second-order valence-corrected chi connectivity index (χ2v) is 7.51. The molecular formula is C24H18ClF3N4O. The van der Waals surface area contributed by atoms with E-state index in [-0.39, 0.29) is 17.9 Å². The standard InChI is InChI=1S/C24H18ClF3N4O/c1-33-32-21(15-5-3-2-4-6-15)14-29-23-19-12-9-17(24(26,27)28)13-20(19)30-22(31-23)16-7-10-18(25)11-8-16/h2-13H,14H2,1H3,(H,29,30,31)/b32-21-. The quantitative estimate of drug-likeness (QED) is 0.260. The van der Waals surface area contributed by atoms with Crippen LogP contribution in [-0.4, -0.2) is 29.3 Å². The fourth-order valence-corrected chi connectivity index (χ4v) is 3.39. The molecule has 3 aromatic carbocycles. The number of fused-ring (bicyclic) bond motifs is 1. The van der Waals surface area contributed by atoms with Crippen molar-refractivity contribution in [1.29, 1.82) is 0 Å². The van der Waals surface area contributed by atoms with Crippen LogP contribution in [0.15, 0.2) is 78.0 Å². The molecule has 1 heterocycles. The monoisotopic (exact) mass is 470 g/mol. The van der Waals surface area contributed by atoms with Gasteiger partial charge in [-0.15, -0.1) is 0 Å².